The van der Waals surface area contributed by atoms with Gasteiger partial charge in [0.1, 0.15) is 11.9 Å². The molecule has 1 unspecified atom stereocenters. The van der Waals surface area contributed by atoms with Crippen LogP contribution in [0, 0.1) is 5.82 Å². The molecule has 1 heterocycles. The lowest BCUT2D eigenvalue weighted by atomic mass is 10.00. The maximum absolute atomic E-state index is 13.3. The van der Waals surface area contributed by atoms with Gasteiger partial charge in [-0.25, -0.2) is 4.39 Å². The van der Waals surface area contributed by atoms with Gasteiger partial charge in [0.25, 0.3) is 0 Å². The van der Waals surface area contributed by atoms with Crippen LogP contribution in [0.2, 0.25) is 0 Å². The Morgan fingerprint density at radius 1 is 0.867 bits per heavy atom. The minimum absolute atomic E-state index is 0.368. The molecule has 1 aliphatic rings. The number of rotatable bonds is 7. The van der Waals surface area contributed by atoms with E-state index in [1.807, 2.05) is 0 Å². The van der Waals surface area contributed by atoms with Crippen molar-refractivity contribution in [2.45, 2.75) is 32.2 Å². The highest BCUT2D eigenvalue weighted by molar-refractivity contribution is 5.33. The van der Waals surface area contributed by atoms with Gasteiger partial charge in [0, 0.05) is 38.8 Å². The molecule has 0 aromatic heterocycles. The number of hydrogen-bond donors (Lipinski definition) is 0. The van der Waals surface area contributed by atoms with Crippen LogP contribution < -0.4 is 0 Å². The molecule has 164 valence electrons. The monoisotopic (exact) mass is 424 g/mol. The Balaban J connectivity index is 1.66. The van der Waals surface area contributed by atoms with Crippen molar-refractivity contribution in [3.63, 3.8) is 0 Å². The molecule has 1 saturated heterocycles. The van der Waals surface area contributed by atoms with Crippen LogP contribution in [0.5, 0.6) is 0 Å². The minimum atomic E-state index is -4.39. The molecule has 0 saturated carbocycles. The van der Waals surface area contributed by atoms with Crippen molar-refractivity contribution >= 4 is 0 Å². The summed E-state index contributed by atoms with van der Waals surface area (Å²) in [5, 5.41) is 0. The fourth-order valence-electron chi connectivity index (χ4n) is 3.67. The number of ether oxygens (including phenoxy) is 1. The van der Waals surface area contributed by atoms with E-state index in [1.165, 1.54) is 24.3 Å². The number of hydrogen-bond acceptors (Lipinski definition) is 3. The van der Waals surface area contributed by atoms with Crippen LogP contribution in [0.25, 0.3) is 0 Å². The quantitative estimate of drug-likeness (QED) is 0.584. The van der Waals surface area contributed by atoms with E-state index >= 15 is 0 Å². The van der Waals surface area contributed by atoms with E-state index in [9.17, 15) is 17.6 Å². The molecule has 1 fully saturated rings. The third kappa shape index (κ3) is 6.03. The average molecular weight is 424 g/mol. The predicted molar refractivity (Wildman–Crippen MR) is 109 cm³/mol. The Bertz CT molecular complexity index is 782. The molecule has 7 heteroatoms. The van der Waals surface area contributed by atoms with Gasteiger partial charge in [0.15, 0.2) is 0 Å². The topological polar surface area (TPSA) is 15.7 Å². The summed E-state index contributed by atoms with van der Waals surface area (Å²) in [5.74, 6) is -0.368. The van der Waals surface area contributed by atoms with Crippen molar-refractivity contribution in [3.05, 3.63) is 71.0 Å². The fourth-order valence-corrected chi connectivity index (χ4v) is 3.67. The highest BCUT2D eigenvalue weighted by Gasteiger charge is 2.30. The molecule has 2 aromatic rings. The van der Waals surface area contributed by atoms with E-state index in [1.54, 1.807) is 12.1 Å². The zero-order valence-electron chi connectivity index (χ0n) is 17.3. The summed E-state index contributed by atoms with van der Waals surface area (Å²) in [4.78, 5) is 4.76. The molecule has 0 bridgehead atoms. The average Bonchev–Trinajstić information content (AvgIpc) is 2.72. The first-order valence-corrected chi connectivity index (χ1v) is 10.2. The molecule has 0 N–H and O–H groups in total. The zero-order valence-corrected chi connectivity index (χ0v) is 17.3. The molecule has 0 amide bonds. The van der Waals surface area contributed by atoms with Crippen LogP contribution >= 0.6 is 0 Å². The van der Waals surface area contributed by atoms with Gasteiger partial charge in [-0.05, 0) is 49.2 Å². The normalized spacial score (nSPS) is 17.4. The van der Waals surface area contributed by atoms with Crippen molar-refractivity contribution < 1.29 is 22.3 Å². The van der Waals surface area contributed by atoms with E-state index in [0.29, 0.717) is 23.8 Å². The molecule has 3 nitrogen and oxygen atoms in total. The summed E-state index contributed by atoms with van der Waals surface area (Å²) in [6.45, 7) is 9.50. The number of halogens is 4. The van der Waals surface area contributed by atoms with E-state index < -0.39 is 17.8 Å². The second-order valence-electron chi connectivity index (χ2n) is 7.89. The van der Waals surface area contributed by atoms with Gasteiger partial charge in [0.05, 0.1) is 12.2 Å². The standard InChI is InChI=1S/C23H28F4N2O/c1-17(2)29-13-11-28(12-14-29)15-16-30-22(19-5-9-21(24)10-6-19)18-3-7-20(8-4-18)23(25,26)27/h3-10,17,22H,11-16H2,1-2H3. The maximum atomic E-state index is 13.3. The molecule has 2 aromatic carbocycles. The van der Waals surface area contributed by atoms with E-state index in [0.717, 1.165) is 44.9 Å². The van der Waals surface area contributed by atoms with Gasteiger partial charge in [-0.15, -0.1) is 0 Å². The molecule has 1 atom stereocenters. The third-order valence-electron chi connectivity index (χ3n) is 5.54. The van der Waals surface area contributed by atoms with Crippen LogP contribution in [0.4, 0.5) is 17.6 Å². The lowest BCUT2D eigenvalue weighted by Gasteiger charge is -2.37. The van der Waals surface area contributed by atoms with Gasteiger partial charge in [-0.3, -0.25) is 9.80 Å². The van der Waals surface area contributed by atoms with Crippen LogP contribution in [0.1, 0.15) is 36.6 Å². The summed E-state index contributed by atoms with van der Waals surface area (Å²) < 4.78 is 58.1. The summed E-state index contributed by atoms with van der Waals surface area (Å²) in [6, 6.07) is 11.4. The highest BCUT2D eigenvalue weighted by atomic mass is 19.4. The van der Waals surface area contributed by atoms with Gasteiger partial charge in [0.2, 0.25) is 0 Å². The second-order valence-corrected chi connectivity index (χ2v) is 7.89. The number of benzene rings is 2. The Morgan fingerprint density at radius 2 is 1.40 bits per heavy atom. The smallest absolute Gasteiger partial charge is 0.367 e. The Morgan fingerprint density at radius 3 is 1.90 bits per heavy atom. The molecule has 30 heavy (non-hydrogen) atoms. The van der Waals surface area contributed by atoms with E-state index in [2.05, 4.69) is 23.6 Å². The molecule has 1 aliphatic heterocycles. The Hall–Kier alpha value is -1.96. The first kappa shape index (κ1) is 22.7. The Labute approximate surface area is 175 Å². The molecule has 0 radical (unpaired) electrons. The van der Waals surface area contributed by atoms with Gasteiger partial charge >= 0.3 is 6.18 Å². The number of alkyl halides is 3. The number of nitrogens with zero attached hydrogens (tertiary/aromatic N) is 2. The lowest BCUT2D eigenvalue weighted by Crippen LogP contribution is -2.49. The van der Waals surface area contributed by atoms with Gasteiger partial charge in [-0.2, -0.15) is 13.2 Å². The molecule has 3 rings (SSSR count). The zero-order chi connectivity index (χ0) is 21.7. The van der Waals surface area contributed by atoms with Gasteiger partial charge < -0.3 is 4.74 Å². The van der Waals surface area contributed by atoms with Crippen molar-refractivity contribution in [2.24, 2.45) is 0 Å². The largest absolute Gasteiger partial charge is 0.416 e. The SMILES string of the molecule is CC(C)N1CCN(CCOC(c2ccc(F)cc2)c2ccc(C(F)(F)F)cc2)CC1. The van der Waals surface area contributed by atoms with Crippen molar-refractivity contribution in [1.82, 2.24) is 9.80 Å². The second kappa shape index (κ2) is 9.90. The van der Waals surface area contributed by atoms with Crippen LogP contribution in [0.3, 0.4) is 0 Å². The molecule has 0 aliphatic carbocycles. The first-order chi connectivity index (χ1) is 14.2. The van der Waals surface area contributed by atoms with Crippen LogP contribution in [-0.2, 0) is 10.9 Å². The number of piperazine rings is 1. The molecular weight excluding hydrogens is 396 g/mol. The van der Waals surface area contributed by atoms with E-state index in [4.69, 9.17) is 4.74 Å². The Kier molecular flexibility index (Phi) is 7.50. The van der Waals surface area contributed by atoms with Crippen LogP contribution in [0.15, 0.2) is 48.5 Å². The van der Waals surface area contributed by atoms with Gasteiger partial charge in [-0.1, -0.05) is 24.3 Å². The highest BCUT2D eigenvalue weighted by Crippen LogP contribution is 2.32. The summed E-state index contributed by atoms with van der Waals surface area (Å²) in [6.07, 6.45) is -4.94. The maximum Gasteiger partial charge on any atom is 0.416 e. The summed E-state index contributed by atoms with van der Waals surface area (Å²) >= 11 is 0. The summed E-state index contributed by atoms with van der Waals surface area (Å²) in [7, 11) is 0. The first-order valence-electron chi connectivity index (χ1n) is 10.2. The summed E-state index contributed by atoms with van der Waals surface area (Å²) in [5.41, 5.74) is 0.618. The minimum Gasteiger partial charge on any atom is -0.367 e. The molecule has 0 spiro atoms. The van der Waals surface area contributed by atoms with Crippen LogP contribution in [-0.4, -0.2) is 55.2 Å². The van der Waals surface area contributed by atoms with Crippen molar-refractivity contribution in [3.8, 4) is 0 Å². The molecular formula is C23H28F4N2O. The third-order valence-corrected chi connectivity index (χ3v) is 5.54. The van der Waals surface area contributed by atoms with Crippen molar-refractivity contribution in [2.75, 3.05) is 39.3 Å². The van der Waals surface area contributed by atoms with E-state index in [-0.39, 0.29) is 5.82 Å². The predicted octanol–water partition coefficient (Wildman–Crippen LogP) is 4.98. The fraction of sp³-hybridized carbons (Fsp3) is 0.478. The van der Waals surface area contributed by atoms with Crippen molar-refractivity contribution in [1.29, 1.82) is 0 Å². The lowest BCUT2D eigenvalue weighted by molar-refractivity contribution is -0.137.